The minimum absolute atomic E-state index is 0.244. The Hall–Kier alpha value is -3.32. The average molecular weight is 379 g/mol. The van der Waals surface area contributed by atoms with Crippen LogP contribution in [0.2, 0.25) is 5.02 Å². The third-order valence-electron chi connectivity index (χ3n) is 4.16. The molecule has 0 fully saturated rings. The van der Waals surface area contributed by atoms with Gasteiger partial charge in [-0.05, 0) is 60.7 Å². The molecule has 1 atom stereocenters. The Morgan fingerprint density at radius 3 is 2.74 bits per heavy atom. The summed E-state index contributed by atoms with van der Waals surface area (Å²) in [5, 5.41) is 16.8. The van der Waals surface area contributed by atoms with Crippen molar-refractivity contribution in [3.8, 4) is 11.4 Å². The molecule has 1 N–H and O–H groups in total. The van der Waals surface area contributed by atoms with Gasteiger partial charge in [0.25, 0.3) is 5.91 Å². The molecule has 0 unspecified atom stereocenters. The molecule has 4 aromatic rings. The van der Waals surface area contributed by atoms with E-state index in [-0.39, 0.29) is 5.91 Å². The number of rotatable bonds is 4. The van der Waals surface area contributed by atoms with E-state index in [9.17, 15) is 4.79 Å². The quantitative estimate of drug-likeness (QED) is 0.584. The molecule has 0 saturated carbocycles. The first kappa shape index (κ1) is 17.1. The number of pyridine rings is 1. The van der Waals surface area contributed by atoms with Crippen LogP contribution in [0, 0.1) is 0 Å². The molecule has 0 aliphatic rings. The lowest BCUT2D eigenvalue weighted by molar-refractivity contribution is -0.119. The minimum atomic E-state index is -0.634. The fourth-order valence-corrected chi connectivity index (χ4v) is 2.78. The molecule has 7 nitrogen and oxygen atoms in total. The van der Waals surface area contributed by atoms with Gasteiger partial charge in [-0.15, -0.1) is 10.2 Å². The number of anilines is 1. The summed E-state index contributed by atoms with van der Waals surface area (Å²) < 4.78 is 0. The first-order valence-electron chi connectivity index (χ1n) is 8.32. The van der Waals surface area contributed by atoms with Gasteiger partial charge in [-0.1, -0.05) is 17.7 Å². The lowest BCUT2D eigenvalue weighted by Crippen LogP contribution is -2.25. The van der Waals surface area contributed by atoms with Crippen LogP contribution in [-0.2, 0) is 4.79 Å². The number of fused-ring (bicyclic) bond motifs is 1. The SMILES string of the molecule is C[C@@H](C(=O)Nc1cccc2ncccc12)n1nnc(-c2ccc(Cl)cc2)n1. The van der Waals surface area contributed by atoms with Crippen molar-refractivity contribution >= 4 is 34.1 Å². The highest BCUT2D eigenvalue weighted by atomic mass is 35.5. The molecule has 0 radical (unpaired) electrons. The van der Waals surface area contributed by atoms with Crippen LogP contribution in [-0.4, -0.2) is 31.1 Å². The van der Waals surface area contributed by atoms with Crippen molar-refractivity contribution in [3.63, 3.8) is 0 Å². The second-order valence-corrected chi connectivity index (χ2v) is 6.42. The van der Waals surface area contributed by atoms with Crippen molar-refractivity contribution in [2.24, 2.45) is 0 Å². The van der Waals surface area contributed by atoms with Gasteiger partial charge >= 0.3 is 0 Å². The van der Waals surface area contributed by atoms with Gasteiger partial charge in [0.15, 0.2) is 0 Å². The molecule has 1 amide bonds. The van der Waals surface area contributed by atoms with Crippen LogP contribution in [0.15, 0.2) is 60.8 Å². The molecule has 2 heterocycles. The number of carbonyl (C=O) groups excluding carboxylic acids is 1. The molecule has 0 aliphatic heterocycles. The van der Waals surface area contributed by atoms with E-state index in [1.807, 2.05) is 30.3 Å². The van der Waals surface area contributed by atoms with E-state index < -0.39 is 6.04 Å². The standard InChI is InChI=1S/C19H15ClN6O/c1-12(26-24-18(23-25-26)13-7-9-14(20)10-8-13)19(27)22-17-6-2-5-16-15(17)4-3-11-21-16/h2-12H,1H3,(H,22,27)/t12-/m0/s1. The smallest absolute Gasteiger partial charge is 0.250 e. The molecule has 0 bridgehead atoms. The van der Waals surface area contributed by atoms with Crippen LogP contribution < -0.4 is 5.32 Å². The van der Waals surface area contributed by atoms with E-state index >= 15 is 0 Å². The Morgan fingerprint density at radius 2 is 1.93 bits per heavy atom. The minimum Gasteiger partial charge on any atom is -0.324 e. The molecule has 0 spiro atoms. The average Bonchev–Trinajstić information content (AvgIpc) is 3.18. The van der Waals surface area contributed by atoms with Crippen molar-refractivity contribution in [3.05, 3.63) is 65.8 Å². The first-order valence-corrected chi connectivity index (χ1v) is 8.70. The molecule has 27 heavy (non-hydrogen) atoms. The van der Waals surface area contributed by atoms with Crippen LogP contribution >= 0.6 is 11.6 Å². The largest absolute Gasteiger partial charge is 0.324 e. The number of halogens is 1. The van der Waals surface area contributed by atoms with Crippen molar-refractivity contribution in [2.45, 2.75) is 13.0 Å². The summed E-state index contributed by atoms with van der Waals surface area (Å²) in [6.45, 7) is 1.71. The number of nitrogens with zero attached hydrogens (tertiary/aromatic N) is 5. The maximum atomic E-state index is 12.7. The normalized spacial score (nSPS) is 12.1. The number of aromatic nitrogens is 5. The number of carbonyl (C=O) groups is 1. The van der Waals surface area contributed by atoms with Gasteiger partial charge in [-0.25, -0.2) is 0 Å². The highest BCUT2D eigenvalue weighted by Crippen LogP contribution is 2.22. The van der Waals surface area contributed by atoms with Crippen LogP contribution in [0.3, 0.4) is 0 Å². The van der Waals surface area contributed by atoms with E-state index in [4.69, 9.17) is 11.6 Å². The maximum absolute atomic E-state index is 12.7. The van der Waals surface area contributed by atoms with Gasteiger partial charge in [-0.3, -0.25) is 9.78 Å². The number of hydrogen-bond acceptors (Lipinski definition) is 5. The summed E-state index contributed by atoms with van der Waals surface area (Å²) in [7, 11) is 0. The number of benzene rings is 2. The van der Waals surface area contributed by atoms with Gasteiger partial charge in [0.05, 0.1) is 11.2 Å². The lowest BCUT2D eigenvalue weighted by atomic mass is 10.1. The monoisotopic (exact) mass is 378 g/mol. The van der Waals surface area contributed by atoms with Crippen LogP contribution in [0.1, 0.15) is 13.0 Å². The third kappa shape index (κ3) is 3.50. The van der Waals surface area contributed by atoms with Gasteiger partial charge in [0.2, 0.25) is 5.82 Å². The fraction of sp³-hybridized carbons (Fsp3) is 0.105. The van der Waals surface area contributed by atoms with Crippen LogP contribution in [0.25, 0.3) is 22.3 Å². The summed E-state index contributed by atoms with van der Waals surface area (Å²) in [4.78, 5) is 18.3. The second kappa shape index (κ2) is 7.13. The van der Waals surface area contributed by atoms with Crippen LogP contribution in [0.4, 0.5) is 5.69 Å². The summed E-state index contributed by atoms with van der Waals surface area (Å²) in [5.74, 6) is 0.187. The van der Waals surface area contributed by atoms with E-state index in [1.165, 1.54) is 4.80 Å². The molecule has 4 rings (SSSR count). The first-order chi connectivity index (χ1) is 13.1. The topological polar surface area (TPSA) is 85.6 Å². The Bertz CT molecular complexity index is 1100. The number of amides is 1. The van der Waals surface area contributed by atoms with Gasteiger partial charge < -0.3 is 5.32 Å². The predicted octanol–water partition coefficient (Wildman–Crippen LogP) is 3.74. The zero-order valence-electron chi connectivity index (χ0n) is 14.4. The summed E-state index contributed by atoms with van der Waals surface area (Å²) >= 11 is 5.90. The van der Waals surface area contributed by atoms with E-state index in [0.717, 1.165) is 16.5 Å². The Kier molecular flexibility index (Phi) is 4.52. The van der Waals surface area contributed by atoms with Crippen molar-refractivity contribution in [1.82, 2.24) is 25.2 Å². The second-order valence-electron chi connectivity index (χ2n) is 5.98. The maximum Gasteiger partial charge on any atom is 0.250 e. The molecule has 2 aromatic carbocycles. The van der Waals surface area contributed by atoms with Crippen molar-refractivity contribution in [2.75, 3.05) is 5.32 Å². The van der Waals surface area contributed by atoms with Gasteiger partial charge in [0, 0.05) is 22.2 Å². The summed E-state index contributed by atoms with van der Waals surface area (Å²) in [6, 6.07) is 15.8. The number of tetrazole rings is 1. The zero-order chi connectivity index (χ0) is 18.8. The predicted molar refractivity (Wildman–Crippen MR) is 103 cm³/mol. The van der Waals surface area contributed by atoms with Gasteiger partial charge in [-0.2, -0.15) is 4.80 Å². The fourth-order valence-electron chi connectivity index (χ4n) is 2.66. The molecule has 134 valence electrons. The van der Waals surface area contributed by atoms with E-state index in [1.54, 1.807) is 37.4 Å². The molecule has 0 saturated heterocycles. The number of nitrogens with one attached hydrogen (secondary N) is 1. The third-order valence-corrected chi connectivity index (χ3v) is 4.41. The van der Waals surface area contributed by atoms with Crippen molar-refractivity contribution in [1.29, 1.82) is 0 Å². The summed E-state index contributed by atoms with van der Waals surface area (Å²) in [5.41, 5.74) is 2.28. The van der Waals surface area contributed by atoms with Crippen molar-refractivity contribution < 1.29 is 4.79 Å². The lowest BCUT2D eigenvalue weighted by Gasteiger charge is -2.12. The Balaban J connectivity index is 1.55. The molecule has 8 heteroatoms. The summed E-state index contributed by atoms with van der Waals surface area (Å²) in [6.07, 6.45) is 1.72. The zero-order valence-corrected chi connectivity index (χ0v) is 15.1. The van der Waals surface area contributed by atoms with Crippen LogP contribution in [0.5, 0.6) is 0 Å². The Morgan fingerprint density at radius 1 is 1.11 bits per heavy atom. The Labute approximate surface area is 160 Å². The highest BCUT2D eigenvalue weighted by Gasteiger charge is 2.19. The van der Waals surface area contributed by atoms with Gasteiger partial charge in [0.1, 0.15) is 6.04 Å². The molecule has 0 aliphatic carbocycles. The molecular weight excluding hydrogens is 364 g/mol. The molecular formula is C19H15ClN6O. The molecule has 2 aromatic heterocycles. The highest BCUT2D eigenvalue weighted by molar-refractivity contribution is 6.30. The van der Waals surface area contributed by atoms with E-state index in [0.29, 0.717) is 16.5 Å². The number of hydrogen-bond donors (Lipinski definition) is 1. The van der Waals surface area contributed by atoms with E-state index in [2.05, 4.69) is 25.7 Å².